The van der Waals surface area contributed by atoms with Gasteiger partial charge in [-0.1, -0.05) is 18.5 Å². The molecular formula is C8H14N2O3S. The summed E-state index contributed by atoms with van der Waals surface area (Å²) in [6.07, 6.45) is 1.48. The highest BCUT2D eigenvalue weighted by atomic mass is 32.2. The maximum absolute atomic E-state index is 11.4. The Morgan fingerprint density at radius 2 is 2.29 bits per heavy atom. The molecule has 0 unspecified atom stereocenters. The highest BCUT2D eigenvalue weighted by Crippen LogP contribution is 2.11. The molecule has 80 valence electrons. The average Bonchev–Trinajstić information content (AvgIpc) is 2.47. The van der Waals surface area contributed by atoms with Crippen molar-refractivity contribution in [2.24, 2.45) is 0 Å². The number of aryl methyl sites for hydroxylation is 1. The number of hydrogen-bond donors (Lipinski definition) is 1. The van der Waals surface area contributed by atoms with Gasteiger partial charge in [-0.25, -0.2) is 8.42 Å². The van der Waals surface area contributed by atoms with Gasteiger partial charge in [0.2, 0.25) is 15.9 Å². The second kappa shape index (κ2) is 4.45. The molecule has 0 bridgehead atoms. The van der Waals surface area contributed by atoms with Crippen LogP contribution in [-0.4, -0.2) is 19.3 Å². The maximum atomic E-state index is 11.4. The Morgan fingerprint density at radius 1 is 1.57 bits per heavy atom. The lowest BCUT2D eigenvalue weighted by atomic mass is 10.4. The van der Waals surface area contributed by atoms with Crippen LogP contribution in [0.3, 0.4) is 0 Å². The van der Waals surface area contributed by atoms with Gasteiger partial charge in [0.25, 0.3) is 0 Å². The smallest absolute Gasteiger partial charge is 0.238 e. The van der Waals surface area contributed by atoms with E-state index in [-0.39, 0.29) is 11.6 Å². The summed E-state index contributed by atoms with van der Waals surface area (Å²) < 4.78 is 29.8. The van der Waals surface area contributed by atoms with Crippen LogP contribution >= 0.6 is 0 Å². The first-order chi connectivity index (χ1) is 6.53. The van der Waals surface area contributed by atoms with Crippen molar-refractivity contribution in [3.63, 3.8) is 0 Å². The summed E-state index contributed by atoms with van der Waals surface area (Å²) in [5, 5.41) is 3.58. The monoisotopic (exact) mass is 218 g/mol. The van der Waals surface area contributed by atoms with Crippen LogP contribution in [0.4, 0.5) is 5.88 Å². The van der Waals surface area contributed by atoms with E-state index in [1.165, 1.54) is 0 Å². The predicted molar refractivity (Wildman–Crippen MR) is 53.6 cm³/mol. The summed E-state index contributed by atoms with van der Waals surface area (Å²) in [6, 6.07) is 1.55. The number of anilines is 1. The molecule has 0 aliphatic rings. The first-order valence-electron chi connectivity index (χ1n) is 4.47. The molecule has 0 aromatic carbocycles. The molecule has 0 atom stereocenters. The van der Waals surface area contributed by atoms with Gasteiger partial charge in [0.05, 0.1) is 11.4 Å². The first-order valence-corrected chi connectivity index (χ1v) is 6.12. The number of hydrogen-bond acceptors (Lipinski definition) is 4. The second-order valence-corrected chi connectivity index (χ2v) is 4.95. The van der Waals surface area contributed by atoms with Gasteiger partial charge in [-0.2, -0.15) is 0 Å². The van der Waals surface area contributed by atoms with Gasteiger partial charge in [0.15, 0.2) is 0 Å². The van der Waals surface area contributed by atoms with Crippen molar-refractivity contribution in [3.05, 3.63) is 11.8 Å². The fraction of sp³-hybridized carbons (Fsp3) is 0.625. The summed E-state index contributed by atoms with van der Waals surface area (Å²) >= 11 is 0. The minimum atomic E-state index is -3.27. The van der Waals surface area contributed by atoms with Crippen molar-refractivity contribution < 1.29 is 12.9 Å². The molecule has 1 N–H and O–H groups in total. The Morgan fingerprint density at radius 3 is 2.79 bits per heavy atom. The molecule has 0 spiro atoms. The van der Waals surface area contributed by atoms with Crippen molar-refractivity contribution in [3.8, 4) is 0 Å². The zero-order valence-electron chi connectivity index (χ0n) is 8.28. The van der Waals surface area contributed by atoms with Gasteiger partial charge in [0.1, 0.15) is 0 Å². The van der Waals surface area contributed by atoms with Crippen molar-refractivity contribution in [1.82, 2.24) is 5.16 Å². The number of nitrogens with zero attached hydrogens (tertiary/aromatic N) is 1. The zero-order valence-corrected chi connectivity index (χ0v) is 9.10. The molecular weight excluding hydrogens is 204 g/mol. The third-order valence-corrected chi connectivity index (χ3v) is 2.99. The Kier molecular flexibility index (Phi) is 3.51. The van der Waals surface area contributed by atoms with E-state index >= 15 is 0 Å². The third kappa shape index (κ3) is 3.37. The van der Waals surface area contributed by atoms with Gasteiger partial charge in [0, 0.05) is 6.07 Å². The number of sulfonamides is 1. The van der Waals surface area contributed by atoms with Crippen LogP contribution < -0.4 is 4.72 Å². The van der Waals surface area contributed by atoms with Gasteiger partial charge in [-0.15, -0.1) is 0 Å². The first kappa shape index (κ1) is 11.0. The summed E-state index contributed by atoms with van der Waals surface area (Å²) in [7, 11) is -3.27. The van der Waals surface area contributed by atoms with E-state index in [0.717, 1.165) is 6.42 Å². The Labute approximate surface area is 83.5 Å². The predicted octanol–water partition coefficient (Wildman–Crippen LogP) is 1.52. The van der Waals surface area contributed by atoms with Gasteiger partial charge < -0.3 is 4.52 Å². The molecule has 6 heteroatoms. The lowest BCUT2D eigenvalue weighted by Gasteiger charge is -2.02. The summed E-state index contributed by atoms with van der Waals surface area (Å²) in [5.74, 6) is 0.294. The van der Waals surface area contributed by atoms with Gasteiger partial charge in [-0.3, -0.25) is 4.72 Å². The summed E-state index contributed by atoms with van der Waals surface area (Å²) in [6.45, 7) is 3.67. The van der Waals surface area contributed by atoms with Crippen LogP contribution in [0.25, 0.3) is 0 Å². The highest BCUT2D eigenvalue weighted by molar-refractivity contribution is 7.92. The Hall–Kier alpha value is -1.04. The molecule has 0 saturated carbocycles. The number of rotatable bonds is 5. The molecule has 0 amide bonds. The van der Waals surface area contributed by atoms with E-state index in [1.54, 1.807) is 13.0 Å². The Bertz CT molecular complexity index is 383. The number of nitrogens with one attached hydrogen (secondary N) is 1. The molecule has 1 rings (SSSR count). The van der Waals surface area contributed by atoms with Crippen molar-refractivity contribution >= 4 is 15.9 Å². The van der Waals surface area contributed by atoms with Crippen LogP contribution in [0.15, 0.2) is 10.6 Å². The molecule has 1 heterocycles. The molecule has 0 fully saturated rings. The molecule has 0 saturated heterocycles. The van der Waals surface area contributed by atoms with E-state index < -0.39 is 10.0 Å². The van der Waals surface area contributed by atoms with Crippen molar-refractivity contribution in [2.45, 2.75) is 26.7 Å². The number of aromatic nitrogens is 1. The average molecular weight is 218 g/mol. The molecule has 0 aliphatic carbocycles. The Balaban J connectivity index is 2.59. The van der Waals surface area contributed by atoms with Gasteiger partial charge >= 0.3 is 0 Å². The fourth-order valence-corrected chi connectivity index (χ4v) is 2.12. The maximum Gasteiger partial charge on any atom is 0.238 e. The van der Waals surface area contributed by atoms with Crippen LogP contribution in [0.1, 0.15) is 25.5 Å². The van der Waals surface area contributed by atoms with Crippen molar-refractivity contribution in [2.75, 3.05) is 10.5 Å². The van der Waals surface area contributed by atoms with Crippen LogP contribution in [0.5, 0.6) is 0 Å². The zero-order chi connectivity index (χ0) is 10.6. The lowest BCUT2D eigenvalue weighted by Crippen LogP contribution is -2.16. The van der Waals surface area contributed by atoms with Crippen LogP contribution in [0.2, 0.25) is 0 Å². The molecule has 0 aliphatic heterocycles. The molecule has 1 aromatic heterocycles. The van der Waals surface area contributed by atoms with Crippen LogP contribution in [0, 0.1) is 6.92 Å². The van der Waals surface area contributed by atoms with Crippen molar-refractivity contribution in [1.29, 1.82) is 0 Å². The second-order valence-electron chi connectivity index (χ2n) is 3.11. The quantitative estimate of drug-likeness (QED) is 0.813. The van der Waals surface area contributed by atoms with E-state index in [9.17, 15) is 8.42 Å². The molecule has 1 aromatic rings. The summed E-state index contributed by atoms with van der Waals surface area (Å²) in [4.78, 5) is 0. The van der Waals surface area contributed by atoms with E-state index in [2.05, 4.69) is 9.88 Å². The lowest BCUT2D eigenvalue weighted by molar-refractivity contribution is 0.430. The standard InChI is InChI=1S/C8H14N2O3S/c1-3-4-5-14(11,12)10-8-6-7(2)9-13-8/h6,10H,3-5H2,1-2H3. The SMILES string of the molecule is CCCCS(=O)(=O)Nc1cc(C)no1. The minimum absolute atomic E-state index is 0.114. The van der Waals surface area contributed by atoms with Crippen LogP contribution in [-0.2, 0) is 10.0 Å². The number of unbranched alkanes of at least 4 members (excludes halogenated alkanes) is 1. The van der Waals surface area contributed by atoms with E-state index in [1.807, 2.05) is 6.92 Å². The highest BCUT2D eigenvalue weighted by Gasteiger charge is 2.11. The normalized spacial score (nSPS) is 11.6. The third-order valence-electron chi connectivity index (χ3n) is 1.65. The van der Waals surface area contributed by atoms with E-state index in [0.29, 0.717) is 12.1 Å². The topological polar surface area (TPSA) is 72.2 Å². The summed E-state index contributed by atoms with van der Waals surface area (Å²) in [5.41, 5.74) is 0.651. The molecule has 14 heavy (non-hydrogen) atoms. The molecule has 5 nitrogen and oxygen atoms in total. The molecule has 0 radical (unpaired) electrons. The largest absolute Gasteiger partial charge is 0.338 e. The van der Waals surface area contributed by atoms with Gasteiger partial charge in [-0.05, 0) is 13.3 Å². The van der Waals surface area contributed by atoms with E-state index in [4.69, 9.17) is 4.52 Å². The minimum Gasteiger partial charge on any atom is -0.338 e. The fourth-order valence-electron chi connectivity index (χ4n) is 0.950.